The standard InChI is InChI=1S/C22H19Cl2N3O3S/c1-2-4-20-26-16(12-31-20)13-7-8-18-17(9-13)27(21(29)11-30-18)10-19(28)25-15-6-3-5-14(23)22(15)24/h3,5-9,12H,2,4,10-11H2,1H3,(H,25,28). The van der Waals surface area contributed by atoms with E-state index in [0.29, 0.717) is 22.1 Å². The molecule has 4 rings (SSSR count). The first-order valence-corrected chi connectivity index (χ1v) is 11.4. The molecule has 2 heterocycles. The normalized spacial score (nSPS) is 13.0. The average Bonchev–Trinajstić information content (AvgIpc) is 3.22. The maximum atomic E-state index is 12.7. The first kappa shape index (κ1) is 21.6. The fraction of sp³-hybridized carbons (Fsp3) is 0.227. The topological polar surface area (TPSA) is 71.5 Å². The molecular weight excluding hydrogens is 457 g/mol. The van der Waals surface area contributed by atoms with Gasteiger partial charge in [-0.15, -0.1) is 11.3 Å². The number of halogens is 2. The van der Waals surface area contributed by atoms with Crippen molar-refractivity contribution in [2.75, 3.05) is 23.4 Å². The molecule has 2 aromatic carbocycles. The fourth-order valence-corrected chi connectivity index (χ4v) is 4.50. The van der Waals surface area contributed by atoms with Crippen molar-refractivity contribution in [3.8, 4) is 17.0 Å². The second-order valence-corrected chi connectivity index (χ2v) is 8.70. The van der Waals surface area contributed by atoms with Crippen LogP contribution in [-0.4, -0.2) is 29.9 Å². The van der Waals surface area contributed by atoms with Crippen LogP contribution in [0.25, 0.3) is 11.3 Å². The van der Waals surface area contributed by atoms with Crippen LogP contribution in [0.2, 0.25) is 10.0 Å². The molecule has 0 saturated heterocycles. The Kier molecular flexibility index (Phi) is 6.46. The Bertz CT molecular complexity index is 1150. The number of nitrogens with zero attached hydrogens (tertiary/aromatic N) is 2. The molecule has 6 nitrogen and oxygen atoms in total. The van der Waals surface area contributed by atoms with Crippen molar-refractivity contribution in [2.24, 2.45) is 0 Å². The largest absolute Gasteiger partial charge is 0.482 e. The van der Waals surface area contributed by atoms with Crippen LogP contribution in [0.15, 0.2) is 41.8 Å². The van der Waals surface area contributed by atoms with E-state index in [1.807, 2.05) is 17.5 Å². The summed E-state index contributed by atoms with van der Waals surface area (Å²) in [5.41, 5.74) is 2.62. The Morgan fingerprint density at radius 3 is 2.94 bits per heavy atom. The predicted molar refractivity (Wildman–Crippen MR) is 124 cm³/mol. The van der Waals surface area contributed by atoms with Crippen molar-refractivity contribution >= 4 is 57.7 Å². The number of carbonyl (C=O) groups is 2. The second-order valence-electron chi connectivity index (χ2n) is 6.98. The highest BCUT2D eigenvalue weighted by atomic mass is 35.5. The van der Waals surface area contributed by atoms with Gasteiger partial charge < -0.3 is 10.1 Å². The van der Waals surface area contributed by atoms with E-state index in [9.17, 15) is 9.59 Å². The van der Waals surface area contributed by atoms with E-state index in [0.717, 1.165) is 29.1 Å². The molecule has 0 saturated carbocycles. The third-order valence-corrected chi connectivity index (χ3v) is 6.47. The van der Waals surface area contributed by atoms with E-state index < -0.39 is 5.91 Å². The molecule has 160 valence electrons. The van der Waals surface area contributed by atoms with E-state index in [1.54, 1.807) is 35.6 Å². The Balaban J connectivity index is 1.58. The molecule has 1 aromatic heterocycles. The minimum atomic E-state index is -0.394. The van der Waals surface area contributed by atoms with Crippen LogP contribution in [0, 0.1) is 0 Å². The highest BCUT2D eigenvalue weighted by Crippen LogP contribution is 2.36. The SMILES string of the molecule is CCCc1nc(-c2ccc3c(c2)N(CC(=O)Nc2cccc(Cl)c2Cl)C(=O)CO3)cs1. The van der Waals surface area contributed by atoms with E-state index in [2.05, 4.69) is 17.2 Å². The number of fused-ring (bicyclic) bond motifs is 1. The Labute approximate surface area is 193 Å². The third kappa shape index (κ3) is 4.69. The number of aryl methyl sites for hydroxylation is 1. The quantitative estimate of drug-likeness (QED) is 0.515. The maximum Gasteiger partial charge on any atom is 0.265 e. The van der Waals surface area contributed by atoms with Crippen LogP contribution in [0.5, 0.6) is 5.75 Å². The van der Waals surface area contributed by atoms with Gasteiger partial charge in [0.05, 0.1) is 32.1 Å². The molecule has 0 atom stereocenters. The summed E-state index contributed by atoms with van der Waals surface area (Å²) in [5, 5.41) is 6.36. The van der Waals surface area contributed by atoms with Crippen LogP contribution in [-0.2, 0) is 16.0 Å². The summed E-state index contributed by atoms with van der Waals surface area (Å²) < 4.78 is 5.56. The lowest BCUT2D eigenvalue weighted by Gasteiger charge is -2.29. The Hall–Kier alpha value is -2.61. The molecule has 0 spiro atoms. The molecule has 1 aliphatic rings. The number of amides is 2. The number of rotatable bonds is 6. The van der Waals surface area contributed by atoms with Crippen molar-refractivity contribution in [1.29, 1.82) is 0 Å². The van der Waals surface area contributed by atoms with Crippen molar-refractivity contribution in [3.63, 3.8) is 0 Å². The first-order chi connectivity index (χ1) is 15.0. The van der Waals surface area contributed by atoms with Crippen molar-refractivity contribution in [3.05, 3.63) is 56.8 Å². The van der Waals surface area contributed by atoms with Crippen LogP contribution in [0.1, 0.15) is 18.4 Å². The maximum absolute atomic E-state index is 12.7. The minimum absolute atomic E-state index is 0.130. The lowest BCUT2D eigenvalue weighted by molar-refractivity contribution is -0.123. The van der Waals surface area contributed by atoms with Crippen LogP contribution in [0.4, 0.5) is 11.4 Å². The Morgan fingerprint density at radius 1 is 1.29 bits per heavy atom. The summed E-state index contributed by atoms with van der Waals surface area (Å²) in [6, 6.07) is 10.5. The van der Waals surface area contributed by atoms with Gasteiger partial charge in [0.25, 0.3) is 5.91 Å². The second kappa shape index (κ2) is 9.26. The predicted octanol–water partition coefficient (Wildman–Crippen LogP) is 5.43. The summed E-state index contributed by atoms with van der Waals surface area (Å²) >= 11 is 13.8. The van der Waals surface area contributed by atoms with Gasteiger partial charge in [-0.3, -0.25) is 14.5 Å². The molecule has 0 unspecified atom stereocenters. The zero-order valence-electron chi connectivity index (χ0n) is 16.7. The molecule has 0 fully saturated rings. The number of thiazole rings is 1. The van der Waals surface area contributed by atoms with Crippen LogP contribution < -0.4 is 15.0 Å². The highest BCUT2D eigenvalue weighted by Gasteiger charge is 2.28. The molecule has 9 heteroatoms. The average molecular weight is 476 g/mol. The van der Waals surface area contributed by atoms with Gasteiger partial charge in [-0.1, -0.05) is 36.2 Å². The van der Waals surface area contributed by atoms with E-state index in [-0.39, 0.29) is 24.1 Å². The zero-order valence-corrected chi connectivity index (χ0v) is 19.0. The minimum Gasteiger partial charge on any atom is -0.482 e. The number of anilines is 2. The molecule has 0 radical (unpaired) electrons. The molecule has 1 aliphatic heterocycles. The number of carbonyl (C=O) groups excluding carboxylic acids is 2. The van der Waals surface area contributed by atoms with Gasteiger partial charge in [-0.25, -0.2) is 4.98 Å². The van der Waals surface area contributed by atoms with E-state index in [4.69, 9.17) is 27.9 Å². The smallest absolute Gasteiger partial charge is 0.265 e. The lowest BCUT2D eigenvalue weighted by Crippen LogP contribution is -2.43. The van der Waals surface area contributed by atoms with Gasteiger partial charge in [0, 0.05) is 10.9 Å². The summed E-state index contributed by atoms with van der Waals surface area (Å²) in [4.78, 5) is 31.3. The van der Waals surface area contributed by atoms with Gasteiger partial charge >= 0.3 is 0 Å². The number of hydrogen-bond donors (Lipinski definition) is 1. The molecule has 0 bridgehead atoms. The number of hydrogen-bond acceptors (Lipinski definition) is 5. The highest BCUT2D eigenvalue weighted by molar-refractivity contribution is 7.09. The van der Waals surface area contributed by atoms with E-state index in [1.165, 1.54) is 4.90 Å². The fourth-order valence-electron chi connectivity index (χ4n) is 3.24. The molecule has 31 heavy (non-hydrogen) atoms. The van der Waals surface area contributed by atoms with Gasteiger partial charge in [-0.2, -0.15) is 0 Å². The molecule has 3 aromatic rings. The third-order valence-electron chi connectivity index (χ3n) is 4.74. The number of ether oxygens (including phenoxy) is 1. The number of benzene rings is 2. The van der Waals surface area contributed by atoms with E-state index >= 15 is 0 Å². The summed E-state index contributed by atoms with van der Waals surface area (Å²) in [7, 11) is 0. The Morgan fingerprint density at radius 2 is 2.13 bits per heavy atom. The summed E-state index contributed by atoms with van der Waals surface area (Å²) in [6.07, 6.45) is 1.95. The van der Waals surface area contributed by atoms with Crippen molar-refractivity contribution in [2.45, 2.75) is 19.8 Å². The van der Waals surface area contributed by atoms with Crippen LogP contribution in [0.3, 0.4) is 0 Å². The lowest BCUT2D eigenvalue weighted by atomic mass is 10.1. The molecule has 1 N–H and O–H groups in total. The van der Waals surface area contributed by atoms with Crippen molar-refractivity contribution in [1.82, 2.24) is 4.98 Å². The van der Waals surface area contributed by atoms with Gasteiger partial charge in [0.15, 0.2) is 6.61 Å². The van der Waals surface area contributed by atoms with Gasteiger partial charge in [-0.05, 0) is 43.2 Å². The molecular formula is C22H19Cl2N3O3S. The monoisotopic (exact) mass is 475 g/mol. The zero-order chi connectivity index (χ0) is 22.0. The summed E-state index contributed by atoms with van der Waals surface area (Å²) in [5.74, 6) is -0.155. The van der Waals surface area contributed by atoms with Crippen molar-refractivity contribution < 1.29 is 14.3 Å². The number of nitrogens with one attached hydrogen (secondary N) is 1. The first-order valence-electron chi connectivity index (χ1n) is 9.72. The van der Waals surface area contributed by atoms with Gasteiger partial charge in [0.2, 0.25) is 5.91 Å². The van der Waals surface area contributed by atoms with Crippen LogP contribution >= 0.6 is 34.5 Å². The molecule has 0 aliphatic carbocycles. The summed E-state index contributed by atoms with van der Waals surface area (Å²) in [6.45, 7) is 1.80. The number of aromatic nitrogens is 1. The molecule has 2 amide bonds. The van der Waals surface area contributed by atoms with Gasteiger partial charge in [0.1, 0.15) is 12.3 Å².